The first-order chi connectivity index (χ1) is 7.82. The first kappa shape index (κ1) is 12.7. The molecule has 4 nitrogen and oxygen atoms in total. The van der Waals surface area contributed by atoms with Gasteiger partial charge in [0.1, 0.15) is 5.60 Å². The molecule has 1 aliphatic heterocycles. The van der Waals surface area contributed by atoms with Gasteiger partial charge in [-0.15, -0.1) is 0 Å². The lowest BCUT2D eigenvalue weighted by atomic mass is 9.60. The summed E-state index contributed by atoms with van der Waals surface area (Å²) in [5, 5.41) is 0. The third kappa shape index (κ3) is 2.57. The summed E-state index contributed by atoms with van der Waals surface area (Å²) in [5.41, 5.74) is 6.00. The molecule has 4 heteroatoms. The Morgan fingerprint density at radius 2 is 1.88 bits per heavy atom. The summed E-state index contributed by atoms with van der Waals surface area (Å²) in [6.45, 7) is 7.29. The molecule has 1 saturated heterocycles. The van der Waals surface area contributed by atoms with E-state index in [2.05, 4.69) is 0 Å². The van der Waals surface area contributed by atoms with Gasteiger partial charge in [-0.2, -0.15) is 0 Å². The van der Waals surface area contributed by atoms with E-state index in [1.807, 2.05) is 25.7 Å². The molecule has 0 aromatic rings. The number of carbonyl (C=O) groups excluding carboxylic acids is 1. The van der Waals surface area contributed by atoms with Crippen LogP contribution in [-0.4, -0.2) is 35.7 Å². The molecule has 1 heterocycles. The second kappa shape index (κ2) is 4.16. The van der Waals surface area contributed by atoms with Crippen molar-refractivity contribution < 1.29 is 9.53 Å². The Morgan fingerprint density at radius 3 is 2.24 bits per heavy atom. The van der Waals surface area contributed by atoms with Gasteiger partial charge in [0.25, 0.3) is 0 Å². The van der Waals surface area contributed by atoms with E-state index >= 15 is 0 Å². The van der Waals surface area contributed by atoms with Gasteiger partial charge < -0.3 is 15.4 Å². The summed E-state index contributed by atoms with van der Waals surface area (Å²) in [4.78, 5) is 13.7. The first-order valence-electron chi connectivity index (χ1n) is 6.56. The third-order valence-corrected chi connectivity index (χ3v) is 4.15. The van der Waals surface area contributed by atoms with Crippen LogP contribution in [0, 0.1) is 5.41 Å². The molecule has 0 unspecified atom stereocenters. The molecule has 1 spiro atoms. The summed E-state index contributed by atoms with van der Waals surface area (Å²) in [6.07, 6.45) is 4.27. The predicted molar refractivity (Wildman–Crippen MR) is 66.7 cm³/mol. The normalized spacial score (nSPS) is 27.8. The van der Waals surface area contributed by atoms with E-state index in [1.165, 1.54) is 6.42 Å². The van der Waals surface area contributed by atoms with Crippen LogP contribution < -0.4 is 5.73 Å². The fraction of sp³-hybridized carbons (Fsp3) is 0.923. The Labute approximate surface area is 103 Å². The van der Waals surface area contributed by atoms with Gasteiger partial charge >= 0.3 is 6.09 Å². The topological polar surface area (TPSA) is 55.6 Å². The molecule has 98 valence electrons. The fourth-order valence-corrected chi connectivity index (χ4v) is 2.80. The molecule has 0 aromatic heterocycles. The molecule has 1 amide bonds. The highest BCUT2D eigenvalue weighted by molar-refractivity contribution is 5.68. The number of likely N-dealkylation sites (tertiary alicyclic amines) is 1. The second-order valence-corrected chi connectivity index (χ2v) is 6.47. The highest BCUT2D eigenvalue weighted by atomic mass is 16.6. The van der Waals surface area contributed by atoms with Gasteiger partial charge in [0, 0.05) is 19.1 Å². The zero-order valence-electron chi connectivity index (χ0n) is 11.2. The van der Waals surface area contributed by atoms with E-state index in [1.54, 1.807) is 0 Å². The van der Waals surface area contributed by atoms with Crippen molar-refractivity contribution in [2.75, 3.05) is 13.1 Å². The highest BCUT2D eigenvalue weighted by Crippen LogP contribution is 2.48. The molecule has 2 rings (SSSR count). The maximum absolute atomic E-state index is 11.9. The van der Waals surface area contributed by atoms with Crippen LogP contribution in [0.25, 0.3) is 0 Å². The maximum atomic E-state index is 11.9. The van der Waals surface area contributed by atoms with Crippen LogP contribution in [-0.2, 0) is 4.74 Å². The van der Waals surface area contributed by atoms with E-state index in [0.717, 1.165) is 32.4 Å². The molecule has 17 heavy (non-hydrogen) atoms. The summed E-state index contributed by atoms with van der Waals surface area (Å²) >= 11 is 0. The zero-order chi connectivity index (χ0) is 12.7. The minimum absolute atomic E-state index is 0.180. The van der Waals surface area contributed by atoms with Gasteiger partial charge in [-0.3, -0.25) is 0 Å². The van der Waals surface area contributed by atoms with Gasteiger partial charge in [0.15, 0.2) is 0 Å². The average molecular weight is 240 g/mol. The minimum atomic E-state index is -0.404. The van der Waals surface area contributed by atoms with Crippen LogP contribution >= 0.6 is 0 Å². The molecule has 2 fully saturated rings. The molecule has 1 aliphatic carbocycles. The summed E-state index contributed by atoms with van der Waals surface area (Å²) in [6, 6.07) is 0.350. The van der Waals surface area contributed by atoms with Crippen molar-refractivity contribution in [2.45, 2.75) is 58.1 Å². The molecule has 0 bridgehead atoms. The Morgan fingerprint density at radius 1 is 1.29 bits per heavy atom. The molecule has 2 aliphatic rings. The fourth-order valence-electron chi connectivity index (χ4n) is 2.80. The molecule has 2 N–H and O–H groups in total. The van der Waals surface area contributed by atoms with Crippen molar-refractivity contribution in [2.24, 2.45) is 11.1 Å². The van der Waals surface area contributed by atoms with Crippen molar-refractivity contribution >= 4 is 6.09 Å². The maximum Gasteiger partial charge on any atom is 0.410 e. The number of rotatable bonds is 0. The van der Waals surface area contributed by atoms with Crippen LogP contribution in [0.2, 0.25) is 0 Å². The monoisotopic (exact) mass is 240 g/mol. The minimum Gasteiger partial charge on any atom is -0.444 e. The second-order valence-electron chi connectivity index (χ2n) is 6.47. The number of carbonyl (C=O) groups is 1. The van der Waals surface area contributed by atoms with E-state index in [0.29, 0.717) is 11.5 Å². The van der Waals surface area contributed by atoms with Gasteiger partial charge in [-0.1, -0.05) is 0 Å². The van der Waals surface area contributed by atoms with Crippen molar-refractivity contribution in [3.63, 3.8) is 0 Å². The number of ether oxygens (including phenoxy) is 1. The van der Waals surface area contributed by atoms with Crippen molar-refractivity contribution in [3.05, 3.63) is 0 Å². The van der Waals surface area contributed by atoms with Crippen LogP contribution in [0.15, 0.2) is 0 Å². The van der Waals surface area contributed by atoms with E-state index in [4.69, 9.17) is 10.5 Å². The van der Waals surface area contributed by atoms with Crippen LogP contribution in [0.4, 0.5) is 4.79 Å². The van der Waals surface area contributed by atoms with Crippen LogP contribution in [0.3, 0.4) is 0 Å². The van der Waals surface area contributed by atoms with Crippen molar-refractivity contribution in [1.29, 1.82) is 0 Å². The van der Waals surface area contributed by atoms with E-state index < -0.39 is 5.60 Å². The lowest BCUT2D eigenvalue weighted by molar-refractivity contribution is -0.0148. The molecule has 1 atom stereocenters. The number of hydrogen-bond acceptors (Lipinski definition) is 3. The molecule has 0 radical (unpaired) electrons. The molecule has 0 aromatic carbocycles. The standard InChI is InChI=1S/C13H24N2O2/c1-12(2,3)17-11(16)15-8-6-13(7-9-15)5-4-10(13)14/h10H,4-9,14H2,1-3H3/t10-/m0/s1. The van der Waals surface area contributed by atoms with E-state index in [-0.39, 0.29) is 6.09 Å². The summed E-state index contributed by atoms with van der Waals surface area (Å²) in [5.74, 6) is 0. The molecular weight excluding hydrogens is 216 g/mol. The first-order valence-corrected chi connectivity index (χ1v) is 6.56. The van der Waals surface area contributed by atoms with Gasteiger partial charge in [0.05, 0.1) is 0 Å². The SMILES string of the molecule is CC(C)(C)OC(=O)N1CCC2(CC[C@@H]2N)CC1. The predicted octanol–water partition coefficient (Wildman–Crippen LogP) is 2.12. The summed E-state index contributed by atoms with van der Waals surface area (Å²) in [7, 11) is 0. The van der Waals surface area contributed by atoms with Gasteiger partial charge in [-0.25, -0.2) is 4.79 Å². The van der Waals surface area contributed by atoms with Gasteiger partial charge in [0.2, 0.25) is 0 Å². The average Bonchev–Trinajstić information content (AvgIpc) is 2.25. The Bertz CT molecular complexity index is 301. The largest absolute Gasteiger partial charge is 0.444 e. The lowest BCUT2D eigenvalue weighted by Crippen LogP contribution is -2.57. The van der Waals surface area contributed by atoms with Crippen molar-refractivity contribution in [1.82, 2.24) is 4.90 Å². The lowest BCUT2D eigenvalue weighted by Gasteiger charge is -2.52. The van der Waals surface area contributed by atoms with Gasteiger partial charge in [-0.05, 0) is 51.9 Å². The molecule has 1 saturated carbocycles. The zero-order valence-corrected chi connectivity index (χ0v) is 11.2. The number of amides is 1. The van der Waals surface area contributed by atoms with Crippen LogP contribution in [0.1, 0.15) is 46.5 Å². The quantitative estimate of drug-likeness (QED) is 0.705. The number of hydrogen-bond donors (Lipinski definition) is 1. The Hall–Kier alpha value is -0.770. The smallest absolute Gasteiger partial charge is 0.410 e. The molecular formula is C13H24N2O2. The number of nitrogens with zero attached hydrogens (tertiary/aromatic N) is 1. The van der Waals surface area contributed by atoms with Crippen LogP contribution in [0.5, 0.6) is 0 Å². The Kier molecular flexibility index (Phi) is 3.10. The van der Waals surface area contributed by atoms with Crippen molar-refractivity contribution in [3.8, 4) is 0 Å². The highest BCUT2D eigenvalue weighted by Gasteiger charge is 2.47. The summed E-state index contributed by atoms with van der Waals surface area (Å²) < 4.78 is 5.38. The number of nitrogens with two attached hydrogens (primary N) is 1. The van der Waals surface area contributed by atoms with E-state index in [9.17, 15) is 4.79 Å². The Balaban J connectivity index is 1.85. The third-order valence-electron chi connectivity index (χ3n) is 4.15. The number of piperidine rings is 1.